The third-order valence-electron chi connectivity index (χ3n) is 0.596. The first-order chi connectivity index (χ1) is 12.9. The summed E-state index contributed by atoms with van der Waals surface area (Å²) in [6, 6.07) is 0. The number of halogens is 5. The van der Waals surface area contributed by atoms with Gasteiger partial charge in [-0.3, -0.25) is 53.5 Å². The topological polar surface area (TPSA) is 342 Å². The zero-order valence-corrected chi connectivity index (χ0v) is 21.2. The van der Waals surface area contributed by atoms with Crippen molar-refractivity contribution < 1.29 is 126 Å². The maximum absolute atomic E-state index is 10.4. The van der Waals surface area contributed by atoms with Gasteiger partial charge in [-0.2, -0.15) is 8.42 Å². The van der Waals surface area contributed by atoms with Gasteiger partial charge in [0.25, 0.3) is 10.1 Å². The Labute approximate surface area is 195 Å². The molecule has 33 heavy (non-hydrogen) atoms. The molecule has 0 amide bonds. The fourth-order valence-corrected chi connectivity index (χ4v) is 0. The molecular formula is C3H19F5LiO18P5S. The molecule has 0 bridgehead atoms. The largest absolute Gasteiger partial charge is 1.00 e. The standard InChI is InChI=1S/C3H8O3S.5FH2O3P.Li.H/c1-3(2)7(4,5)6;5*1-5(2,3)4;;/h3H,1-2H3,(H,4,5,6);5*(H2,2,3,4);;/q;;;;;;+1;-1. The molecular weight excluding hydrogens is 613 g/mol. The fraction of sp³-hybridized carbons (Fsp3) is 1.00. The van der Waals surface area contributed by atoms with Crippen LogP contribution in [0.3, 0.4) is 0 Å². The monoisotopic (exact) mass is 632 g/mol. The molecule has 0 spiro atoms. The van der Waals surface area contributed by atoms with Crippen molar-refractivity contribution >= 4 is 49.7 Å². The van der Waals surface area contributed by atoms with Crippen LogP contribution in [0.2, 0.25) is 0 Å². The van der Waals surface area contributed by atoms with Gasteiger partial charge >= 0.3 is 58.4 Å². The summed E-state index contributed by atoms with van der Waals surface area (Å²) in [6.45, 7) is 2.82. The third kappa shape index (κ3) is 659. The molecule has 0 aliphatic carbocycles. The van der Waals surface area contributed by atoms with Gasteiger partial charge in [-0.15, -0.1) is 21.0 Å². The van der Waals surface area contributed by atoms with E-state index >= 15 is 0 Å². The molecule has 18 nitrogen and oxygen atoms in total. The minimum atomic E-state index is -5.14. The van der Waals surface area contributed by atoms with Crippen LogP contribution in [0.5, 0.6) is 0 Å². The molecule has 0 unspecified atom stereocenters. The quantitative estimate of drug-likeness (QED) is 0.0623. The number of hydrogen-bond donors (Lipinski definition) is 11. The van der Waals surface area contributed by atoms with Crippen LogP contribution in [0.1, 0.15) is 15.3 Å². The van der Waals surface area contributed by atoms with Gasteiger partial charge in [-0.1, -0.05) is 0 Å². The van der Waals surface area contributed by atoms with Crippen molar-refractivity contribution in [2.75, 3.05) is 0 Å². The Morgan fingerprint density at radius 2 is 0.576 bits per heavy atom. The zero-order chi connectivity index (χ0) is 28.6. The van der Waals surface area contributed by atoms with E-state index in [-0.39, 0.29) is 20.3 Å². The molecule has 0 rings (SSSR count). The van der Waals surface area contributed by atoms with Crippen LogP contribution in [-0.4, -0.2) is 67.2 Å². The Kier molecular flexibility index (Phi) is 32.3. The van der Waals surface area contributed by atoms with Gasteiger partial charge in [0.05, 0.1) is 5.25 Å². The Balaban J connectivity index is -0.0000000395. The first kappa shape index (κ1) is 50.7. The summed E-state index contributed by atoms with van der Waals surface area (Å²) in [5, 5.41) is -0.674. The van der Waals surface area contributed by atoms with Crippen LogP contribution in [0.4, 0.5) is 21.0 Å². The van der Waals surface area contributed by atoms with E-state index in [2.05, 4.69) is 0 Å². The van der Waals surface area contributed by atoms with E-state index in [1.54, 1.807) is 0 Å². The number of rotatable bonds is 1. The van der Waals surface area contributed by atoms with Gasteiger partial charge < -0.3 is 1.43 Å². The Morgan fingerprint density at radius 3 is 0.576 bits per heavy atom. The normalized spacial score (nSPS) is 11.6. The second kappa shape index (κ2) is 21.0. The summed E-state index contributed by atoms with van der Waals surface area (Å²) in [5.74, 6) is 0. The molecule has 206 valence electrons. The summed E-state index contributed by atoms with van der Waals surface area (Å²) in [4.78, 5) is 69.7. The second-order valence-electron chi connectivity index (χ2n) is 3.93. The molecule has 0 aliphatic rings. The molecule has 0 aromatic rings. The molecule has 0 atom stereocenters. The molecule has 0 radical (unpaired) electrons. The van der Waals surface area contributed by atoms with Crippen molar-refractivity contribution in [3.8, 4) is 0 Å². The van der Waals surface area contributed by atoms with Crippen LogP contribution in [-0.2, 0) is 32.9 Å². The van der Waals surface area contributed by atoms with Crippen molar-refractivity contribution in [3.05, 3.63) is 0 Å². The summed E-state index contributed by atoms with van der Waals surface area (Å²) >= 11 is 0. The molecule has 0 aliphatic heterocycles. The van der Waals surface area contributed by atoms with E-state index in [0.717, 1.165) is 0 Å². The van der Waals surface area contributed by atoms with Crippen molar-refractivity contribution in [3.63, 3.8) is 0 Å². The van der Waals surface area contributed by atoms with Crippen LogP contribution in [0.25, 0.3) is 0 Å². The van der Waals surface area contributed by atoms with Gasteiger partial charge in [0.1, 0.15) is 0 Å². The first-order valence-electron chi connectivity index (χ1n) is 5.66. The van der Waals surface area contributed by atoms with Crippen molar-refractivity contribution in [2.24, 2.45) is 0 Å². The number of hydrogen-bond acceptors (Lipinski definition) is 7. The summed E-state index contributed by atoms with van der Waals surface area (Å²) in [6.07, 6.45) is 0. The average molecular weight is 632 g/mol. The Hall–Kier alpha value is 0.907. The molecule has 0 fully saturated rings. The van der Waals surface area contributed by atoms with Crippen LogP contribution in [0, 0.1) is 0 Å². The van der Waals surface area contributed by atoms with Crippen molar-refractivity contribution in [1.29, 1.82) is 0 Å². The predicted octanol–water partition coefficient (Wildman–Crippen LogP) is -2.36. The molecule has 0 aromatic heterocycles. The molecule has 0 heterocycles. The Morgan fingerprint density at radius 1 is 0.545 bits per heavy atom. The van der Waals surface area contributed by atoms with Crippen LogP contribution < -0.4 is 18.9 Å². The predicted molar refractivity (Wildman–Crippen MR) is 93.6 cm³/mol. The maximum atomic E-state index is 10.4. The summed E-state index contributed by atoms with van der Waals surface area (Å²) in [7, 11) is -29.4. The van der Waals surface area contributed by atoms with Crippen LogP contribution in [0.15, 0.2) is 0 Å². The van der Waals surface area contributed by atoms with E-state index in [9.17, 15) is 29.4 Å². The summed E-state index contributed by atoms with van der Waals surface area (Å²) in [5.41, 5.74) is 0. The van der Waals surface area contributed by atoms with Gasteiger partial charge in [0, 0.05) is 0 Å². The second-order valence-corrected chi connectivity index (χ2v) is 10.6. The van der Waals surface area contributed by atoms with Gasteiger partial charge in [0.2, 0.25) is 0 Å². The average Bonchev–Trinajstić information content (AvgIpc) is 2.13. The first-order valence-corrected chi connectivity index (χ1v) is 14.7. The SMILES string of the molecule is CC(C)S(=O)(=O)O.O=P(O)(O)F.O=P(O)(O)F.O=P(O)(O)F.O=P(O)(O)F.O=P(O)(O)F.[H-].[Li+]. The molecule has 0 saturated heterocycles. The fourth-order valence-electron chi connectivity index (χ4n) is 0. The van der Waals surface area contributed by atoms with E-state index in [0.29, 0.717) is 0 Å². The summed E-state index contributed by atoms with van der Waals surface area (Å²) < 4.78 is 123. The van der Waals surface area contributed by atoms with Crippen LogP contribution >= 0.6 is 39.5 Å². The van der Waals surface area contributed by atoms with Crippen molar-refractivity contribution in [1.82, 2.24) is 0 Å². The minimum Gasteiger partial charge on any atom is -1.00 e. The minimum absolute atomic E-state index is 0. The van der Waals surface area contributed by atoms with E-state index in [1.807, 2.05) is 0 Å². The van der Waals surface area contributed by atoms with Gasteiger partial charge in [-0.25, -0.2) is 22.8 Å². The Bertz CT molecular complexity index is 652. The van der Waals surface area contributed by atoms with Crippen molar-refractivity contribution in [2.45, 2.75) is 19.1 Å². The van der Waals surface area contributed by atoms with Gasteiger partial charge in [0.15, 0.2) is 0 Å². The van der Waals surface area contributed by atoms with E-state index in [1.165, 1.54) is 13.8 Å². The van der Waals surface area contributed by atoms with Gasteiger partial charge in [-0.05, 0) is 13.8 Å². The molecule has 30 heteroatoms. The van der Waals surface area contributed by atoms with E-state index in [4.69, 9.17) is 76.3 Å². The third-order valence-corrected chi connectivity index (χ3v) is 1.79. The molecule has 0 saturated carbocycles. The van der Waals surface area contributed by atoms with E-state index < -0.39 is 54.9 Å². The zero-order valence-electron chi connectivity index (χ0n) is 16.9. The molecule has 0 aromatic carbocycles. The maximum Gasteiger partial charge on any atom is 1.00 e. The smallest absolute Gasteiger partial charge is 1.00 e. The molecule has 11 N–H and O–H groups in total.